The number of pyridine rings is 1. The number of benzene rings is 1. The topological polar surface area (TPSA) is 122 Å². The van der Waals surface area contributed by atoms with Gasteiger partial charge in [-0.2, -0.15) is 8.42 Å². The normalized spacial score (nSPS) is 16.3. The zero-order valence-corrected chi connectivity index (χ0v) is 22.4. The molecule has 2 N–H and O–H groups in total. The van der Waals surface area contributed by atoms with E-state index in [1.165, 1.54) is 6.20 Å². The summed E-state index contributed by atoms with van der Waals surface area (Å²) in [7, 11) is -4.65. The van der Waals surface area contributed by atoms with E-state index in [0.717, 1.165) is 23.4 Å². The van der Waals surface area contributed by atoms with Crippen molar-refractivity contribution in [1.82, 2.24) is 4.98 Å². The van der Waals surface area contributed by atoms with Crippen LogP contribution in [0.1, 0.15) is 11.1 Å². The Morgan fingerprint density at radius 1 is 1.29 bits per heavy atom. The fourth-order valence-electron chi connectivity index (χ4n) is 3.24. The van der Waals surface area contributed by atoms with Crippen molar-refractivity contribution in [2.24, 2.45) is 10.7 Å². The predicted molar refractivity (Wildman–Crippen MR) is 139 cm³/mol. The molecule has 9 nitrogen and oxygen atoms in total. The van der Waals surface area contributed by atoms with E-state index < -0.39 is 18.2 Å². The Balaban J connectivity index is 1.58. The number of aliphatic imine (C=N–C) groups is 1. The van der Waals surface area contributed by atoms with Gasteiger partial charge in [0.05, 0.1) is 12.0 Å². The summed E-state index contributed by atoms with van der Waals surface area (Å²) in [5, 5.41) is 0. The first kappa shape index (κ1) is 26.9. The quantitative estimate of drug-likeness (QED) is 0.195. The number of hydrogen-bond donors (Lipinski definition) is 1. The number of hydrogen-bond acceptors (Lipinski definition) is 9. The fraction of sp³-hybridized carbons (Fsp3) is 0.417. The van der Waals surface area contributed by atoms with Gasteiger partial charge >= 0.3 is 0 Å². The standard InChI is InChI=1S/C24H33N3O6SSi/c1-34(28,29)31-16-21-13-18-5-7-20(14-23(18)32-21)33-24-8-6-19(15-26-24)22(9-10-25)27-17-30-11-12-35(2,3)4/h5-10,14-15,21H,11-13,16-17,25H2,1-4H3. The third-order valence-electron chi connectivity index (χ3n) is 5.08. The highest BCUT2D eigenvalue weighted by molar-refractivity contribution is 7.85. The van der Waals surface area contributed by atoms with Gasteiger partial charge in [-0.05, 0) is 36.0 Å². The minimum Gasteiger partial charge on any atom is -0.487 e. The summed E-state index contributed by atoms with van der Waals surface area (Å²) in [6, 6.07) is 10.1. The third-order valence-corrected chi connectivity index (χ3v) is 7.35. The zero-order chi connectivity index (χ0) is 25.5. The molecule has 0 spiro atoms. The first-order chi connectivity index (χ1) is 16.5. The van der Waals surface area contributed by atoms with Gasteiger partial charge in [0.25, 0.3) is 10.1 Å². The molecule has 2 aromatic rings. The molecule has 0 saturated heterocycles. The van der Waals surface area contributed by atoms with Gasteiger partial charge < -0.3 is 19.9 Å². The molecule has 1 atom stereocenters. The van der Waals surface area contributed by atoms with Gasteiger partial charge in [-0.1, -0.05) is 25.7 Å². The lowest BCUT2D eigenvalue weighted by Crippen LogP contribution is -2.22. The first-order valence-corrected chi connectivity index (χ1v) is 16.8. The number of fused-ring (bicyclic) bond motifs is 1. The fourth-order valence-corrected chi connectivity index (χ4v) is 4.39. The van der Waals surface area contributed by atoms with Crippen LogP contribution in [0.5, 0.6) is 17.4 Å². The van der Waals surface area contributed by atoms with Crippen LogP contribution in [0.2, 0.25) is 25.7 Å². The van der Waals surface area contributed by atoms with Crippen molar-refractivity contribution in [3.05, 3.63) is 59.9 Å². The van der Waals surface area contributed by atoms with Crippen molar-refractivity contribution >= 4 is 23.9 Å². The second-order valence-corrected chi connectivity index (χ2v) is 16.7. The molecule has 0 bridgehead atoms. The average Bonchev–Trinajstić information content (AvgIpc) is 3.18. The molecule has 0 saturated carbocycles. The maximum atomic E-state index is 11.2. The van der Waals surface area contributed by atoms with Crippen molar-refractivity contribution in [2.75, 3.05) is 26.2 Å². The highest BCUT2D eigenvalue weighted by atomic mass is 32.2. The number of aromatic nitrogens is 1. The summed E-state index contributed by atoms with van der Waals surface area (Å²) in [4.78, 5) is 8.87. The molecule has 1 unspecified atom stereocenters. The summed E-state index contributed by atoms with van der Waals surface area (Å²) in [6.45, 7) is 7.84. The number of ether oxygens (including phenoxy) is 3. The van der Waals surface area contributed by atoms with E-state index in [1.807, 2.05) is 18.2 Å². The average molecular weight is 520 g/mol. The Bertz CT molecular complexity index is 1160. The van der Waals surface area contributed by atoms with Crippen LogP contribution in [-0.2, 0) is 25.5 Å². The number of nitrogens with two attached hydrogens (primary N) is 1. The smallest absolute Gasteiger partial charge is 0.264 e. The molecular formula is C24H33N3O6SSi. The highest BCUT2D eigenvalue weighted by Gasteiger charge is 2.25. The van der Waals surface area contributed by atoms with Crippen LogP contribution in [0.4, 0.5) is 0 Å². The molecule has 0 aliphatic carbocycles. The van der Waals surface area contributed by atoms with Gasteiger partial charge in [0.15, 0.2) is 0 Å². The molecule has 1 aromatic carbocycles. The molecule has 2 heterocycles. The first-order valence-electron chi connectivity index (χ1n) is 11.3. The van der Waals surface area contributed by atoms with Gasteiger partial charge in [-0.25, -0.2) is 4.98 Å². The SMILES string of the molecule is C[Si](C)(C)CCOCN=C(C=CN)c1ccc(Oc2ccc3c(c2)OC(COS(C)(=O)=O)C3)nc1. The molecule has 11 heteroatoms. The van der Waals surface area contributed by atoms with Crippen LogP contribution in [0, 0.1) is 0 Å². The number of rotatable bonds is 12. The van der Waals surface area contributed by atoms with Crippen molar-refractivity contribution < 1.29 is 26.8 Å². The third kappa shape index (κ3) is 9.09. The monoisotopic (exact) mass is 519 g/mol. The van der Waals surface area contributed by atoms with Crippen LogP contribution in [0.15, 0.2) is 53.8 Å². The van der Waals surface area contributed by atoms with Crippen molar-refractivity contribution in [2.45, 2.75) is 38.2 Å². The molecular weight excluding hydrogens is 486 g/mol. The summed E-state index contributed by atoms with van der Waals surface area (Å²) in [5.41, 5.74) is 8.02. The Hall–Kier alpha value is -2.73. The Kier molecular flexibility index (Phi) is 9.06. The van der Waals surface area contributed by atoms with Gasteiger partial charge in [-0.3, -0.25) is 9.18 Å². The predicted octanol–water partition coefficient (Wildman–Crippen LogP) is 3.73. The Morgan fingerprint density at radius 2 is 2.09 bits per heavy atom. The number of nitrogens with zero attached hydrogens (tertiary/aromatic N) is 2. The van der Waals surface area contributed by atoms with E-state index in [1.54, 1.807) is 24.4 Å². The molecule has 35 heavy (non-hydrogen) atoms. The molecule has 3 rings (SSSR count). The van der Waals surface area contributed by atoms with E-state index in [0.29, 0.717) is 36.1 Å². The lowest BCUT2D eigenvalue weighted by atomic mass is 10.1. The summed E-state index contributed by atoms with van der Waals surface area (Å²) in [6.07, 6.45) is 6.03. The van der Waals surface area contributed by atoms with E-state index in [2.05, 4.69) is 29.6 Å². The Morgan fingerprint density at radius 3 is 2.74 bits per heavy atom. The van der Waals surface area contributed by atoms with Crippen molar-refractivity contribution in [1.29, 1.82) is 0 Å². The van der Waals surface area contributed by atoms with Crippen molar-refractivity contribution in [3.63, 3.8) is 0 Å². The minimum atomic E-state index is -3.51. The van der Waals surface area contributed by atoms with E-state index in [4.69, 9.17) is 24.1 Å². The highest BCUT2D eigenvalue weighted by Crippen LogP contribution is 2.34. The molecule has 0 amide bonds. The number of allylic oxidation sites excluding steroid dienone is 1. The summed E-state index contributed by atoms with van der Waals surface area (Å²) < 4.78 is 44.6. The zero-order valence-electron chi connectivity index (χ0n) is 20.6. The van der Waals surface area contributed by atoms with Crippen LogP contribution in [-0.4, -0.2) is 59.5 Å². The Labute approximate surface area is 208 Å². The van der Waals surface area contributed by atoms with Gasteiger partial charge in [0, 0.05) is 45.0 Å². The van der Waals surface area contributed by atoms with E-state index >= 15 is 0 Å². The van der Waals surface area contributed by atoms with Crippen LogP contribution >= 0.6 is 0 Å². The molecule has 190 valence electrons. The van der Waals surface area contributed by atoms with Crippen molar-refractivity contribution in [3.8, 4) is 17.4 Å². The largest absolute Gasteiger partial charge is 0.487 e. The molecule has 0 radical (unpaired) electrons. The second kappa shape index (κ2) is 11.8. The van der Waals surface area contributed by atoms with Crippen LogP contribution in [0.25, 0.3) is 0 Å². The van der Waals surface area contributed by atoms with Gasteiger partial charge in [0.2, 0.25) is 5.88 Å². The molecule has 1 aromatic heterocycles. The molecule has 1 aliphatic rings. The summed E-state index contributed by atoms with van der Waals surface area (Å²) in [5.74, 6) is 1.60. The summed E-state index contributed by atoms with van der Waals surface area (Å²) >= 11 is 0. The lowest BCUT2D eigenvalue weighted by molar-refractivity contribution is 0.153. The van der Waals surface area contributed by atoms with Gasteiger partial charge in [-0.15, -0.1) is 0 Å². The van der Waals surface area contributed by atoms with E-state index in [-0.39, 0.29) is 19.4 Å². The maximum Gasteiger partial charge on any atom is 0.264 e. The van der Waals surface area contributed by atoms with Gasteiger partial charge in [0.1, 0.15) is 30.9 Å². The lowest BCUT2D eigenvalue weighted by Gasteiger charge is -2.14. The minimum absolute atomic E-state index is 0.0305. The molecule has 0 fully saturated rings. The van der Waals surface area contributed by atoms with E-state index in [9.17, 15) is 8.42 Å². The van der Waals surface area contributed by atoms with Crippen LogP contribution in [0.3, 0.4) is 0 Å². The maximum absolute atomic E-state index is 11.2. The van der Waals surface area contributed by atoms with Crippen LogP contribution < -0.4 is 15.2 Å². The molecule has 1 aliphatic heterocycles. The second-order valence-electron chi connectivity index (χ2n) is 9.44.